The molecule has 0 saturated heterocycles. The topological polar surface area (TPSA) is 140 Å². The minimum atomic E-state index is -0.835. The number of aryl methyl sites for hydroxylation is 1. The molecule has 11 nitrogen and oxygen atoms in total. The van der Waals surface area contributed by atoms with E-state index >= 15 is 0 Å². The molecule has 34 heavy (non-hydrogen) atoms. The molecule has 0 spiro atoms. The summed E-state index contributed by atoms with van der Waals surface area (Å²) in [5.74, 6) is -1.71. The normalized spacial score (nSPS) is 20.8. The zero-order valence-corrected chi connectivity index (χ0v) is 19.5. The molecular formula is C23H31N5O6. The Morgan fingerprint density at radius 1 is 1.18 bits per heavy atom. The summed E-state index contributed by atoms with van der Waals surface area (Å²) in [5.41, 5.74) is 1.56. The number of aromatic nitrogens is 4. The Balaban J connectivity index is 1.43. The quantitative estimate of drug-likeness (QED) is 0.620. The number of ether oxygens (including phenoxy) is 2. The summed E-state index contributed by atoms with van der Waals surface area (Å²) in [6.45, 7) is 0.00106. The number of amides is 1. The predicted octanol–water partition coefficient (Wildman–Crippen LogP) is 3.12. The zero-order chi connectivity index (χ0) is 24.2. The molecule has 2 aliphatic carbocycles. The molecule has 2 aliphatic rings. The highest BCUT2D eigenvalue weighted by Gasteiger charge is 2.29. The molecule has 0 aromatic carbocycles. The summed E-state index contributed by atoms with van der Waals surface area (Å²) in [5, 5.41) is 23.9. The van der Waals surface area contributed by atoms with E-state index in [4.69, 9.17) is 9.47 Å². The third-order valence-corrected chi connectivity index (χ3v) is 6.81. The van der Waals surface area contributed by atoms with Gasteiger partial charge in [-0.2, -0.15) is 5.10 Å². The van der Waals surface area contributed by atoms with E-state index in [0.29, 0.717) is 36.2 Å². The Hall–Kier alpha value is -3.37. The van der Waals surface area contributed by atoms with Gasteiger partial charge in [0.2, 0.25) is 0 Å². The van der Waals surface area contributed by atoms with E-state index in [0.717, 1.165) is 32.1 Å². The second-order valence-electron chi connectivity index (χ2n) is 9.06. The number of aromatic hydroxyl groups is 1. The number of rotatable bonds is 7. The van der Waals surface area contributed by atoms with E-state index in [-0.39, 0.29) is 36.6 Å². The third-order valence-electron chi connectivity index (χ3n) is 6.81. The van der Waals surface area contributed by atoms with Crippen molar-refractivity contribution in [2.24, 2.45) is 13.0 Å². The van der Waals surface area contributed by atoms with Gasteiger partial charge in [-0.25, -0.2) is 14.8 Å². The van der Waals surface area contributed by atoms with E-state index in [1.54, 1.807) is 29.9 Å². The first-order valence-corrected chi connectivity index (χ1v) is 11.7. The minimum Gasteiger partial charge on any atom is -0.489 e. The van der Waals surface area contributed by atoms with Crippen molar-refractivity contribution in [3.05, 3.63) is 18.1 Å². The van der Waals surface area contributed by atoms with E-state index in [1.165, 1.54) is 6.20 Å². The van der Waals surface area contributed by atoms with Gasteiger partial charge in [-0.1, -0.05) is 12.8 Å². The van der Waals surface area contributed by atoms with Crippen LogP contribution in [0.3, 0.4) is 0 Å². The number of carbonyl (C=O) groups excluding carboxylic acids is 1. The van der Waals surface area contributed by atoms with Crippen molar-refractivity contribution in [2.45, 2.75) is 70.1 Å². The number of aliphatic carboxylic acids is 1. The second-order valence-corrected chi connectivity index (χ2v) is 9.06. The maximum Gasteiger partial charge on any atom is 0.410 e. The molecule has 0 radical (unpaired) electrons. The van der Waals surface area contributed by atoms with Crippen molar-refractivity contribution < 1.29 is 29.3 Å². The number of carboxylic acid groups (broad SMARTS) is 1. The van der Waals surface area contributed by atoms with Gasteiger partial charge in [0.15, 0.2) is 0 Å². The molecule has 0 bridgehead atoms. The summed E-state index contributed by atoms with van der Waals surface area (Å²) in [6, 6.07) is 0.212. The molecule has 11 heteroatoms. The monoisotopic (exact) mass is 473 g/mol. The van der Waals surface area contributed by atoms with Crippen LogP contribution in [-0.4, -0.2) is 66.1 Å². The first-order valence-electron chi connectivity index (χ1n) is 11.7. The van der Waals surface area contributed by atoms with Crippen molar-refractivity contribution in [1.82, 2.24) is 24.6 Å². The number of nitrogens with zero attached hydrogens (tertiary/aromatic N) is 5. The molecule has 2 N–H and O–H groups in total. The van der Waals surface area contributed by atoms with E-state index < -0.39 is 11.9 Å². The van der Waals surface area contributed by atoms with Crippen LogP contribution in [0.1, 0.15) is 57.1 Å². The molecule has 2 atom stereocenters. The number of carboxylic acids is 1. The molecule has 2 fully saturated rings. The van der Waals surface area contributed by atoms with Crippen LogP contribution < -0.4 is 4.74 Å². The average Bonchev–Trinajstić information content (AvgIpc) is 3.48. The van der Waals surface area contributed by atoms with E-state index in [9.17, 15) is 19.8 Å². The average molecular weight is 474 g/mol. The fourth-order valence-corrected chi connectivity index (χ4v) is 4.74. The summed E-state index contributed by atoms with van der Waals surface area (Å²) >= 11 is 0. The zero-order valence-electron chi connectivity index (χ0n) is 19.5. The van der Waals surface area contributed by atoms with Crippen LogP contribution in [0.15, 0.2) is 12.4 Å². The Morgan fingerprint density at radius 2 is 1.94 bits per heavy atom. The van der Waals surface area contributed by atoms with Gasteiger partial charge < -0.3 is 24.6 Å². The van der Waals surface area contributed by atoms with Crippen LogP contribution in [-0.2, 0) is 23.2 Å². The highest BCUT2D eigenvalue weighted by atomic mass is 16.6. The lowest BCUT2D eigenvalue weighted by Crippen LogP contribution is -2.35. The van der Waals surface area contributed by atoms with Crippen molar-refractivity contribution in [3.63, 3.8) is 0 Å². The van der Waals surface area contributed by atoms with Gasteiger partial charge in [0.1, 0.15) is 12.7 Å². The fraction of sp³-hybridized carbons (Fsp3) is 0.609. The molecule has 2 heterocycles. The molecule has 1 amide bonds. The maximum absolute atomic E-state index is 12.5. The van der Waals surface area contributed by atoms with E-state index in [2.05, 4.69) is 15.1 Å². The van der Waals surface area contributed by atoms with Crippen LogP contribution >= 0.6 is 0 Å². The smallest absolute Gasteiger partial charge is 0.410 e. The van der Waals surface area contributed by atoms with Crippen LogP contribution in [0, 0.1) is 5.92 Å². The first-order chi connectivity index (χ1) is 16.3. The summed E-state index contributed by atoms with van der Waals surface area (Å²) in [4.78, 5) is 33.8. The first kappa shape index (κ1) is 23.8. The van der Waals surface area contributed by atoms with Gasteiger partial charge in [-0.15, -0.1) is 0 Å². The lowest BCUT2D eigenvalue weighted by molar-refractivity contribution is -0.143. The summed E-state index contributed by atoms with van der Waals surface area (Å²) < 4.78 is 12.9. The SMILES string of the molecule is CN(C(=O)OCc1c(-c2cnc(O[C@H]3CCC[C@H](C(=O)O)C3)c(O)n2)cnn1C)C1CCCC1. The number of hydrogen-bond donors (Lipinski definition) is 2. The maximum atomic E-state index is 12.5. The van der Waals surface area contributed by atoms with Gasteiger partial charge in [0.05, 0.1) is 29.7 Å². The van der Waals surface area contributed by atoms with Gasteiger partial charge in [-0.05, 0) is 38.5 Å². The lowest BCUT2D eigenvalue weighted by atomic mass is 9.87. The standard InChI is InChI=1S/C23H31N5O6/c1-27(15-7-3-4-8-15)23(32)33-13-19-17(11-25-28(19)2)18-12-24-21(20(29)26-18)34-16-9-5-6-14(10-16)22(30)31/h11-12,14-16H,3-10,13H2,1-2H3,(H,26,29)(H,30,31)/t14-,16-/m0/s1. The number of carbonyl (C=O) groups is 2. The minimum absolute atomic E-state index is 0.00106. The Morgan fingerprint density at radius 3 is 2.65 bits per heavy atom. The molecule has 0 aliphatic heterocycles. The Bertz CT molecular complexity index is 1030. The van der Waals surface area contributed by atoms with Crippen molar-refractivity contribution in [3.8, 4) is 23.0 Å². The summed E-state index contributed by atoms with van der Waals surface area (Å²) in [6.07, 6.45) is 8.95. The summed E-state index contributed by atoms with van der Waals surface area (Å²) in [7, 11) is 3.50. The molecule has 2 saturated carbocycles. The van der Waals surface area contributed by atoms with Gasteiger partial charge in [0.25, 0.3) is 11.8 Å². The van der Waals surface area contributed by atoms with E-state index in [1.807, 2.05) is 0 Å². The second kappa shape index (κ2) is 10.3. The highest BCUT2D eigenvalue weighted by Crippen LogP contribution is 2.32. The van der Waals surface area contributed by atoms with Gasteiger partial charge in [-0.3, -0.25) is 9.48 Å². The Labute approximate surface area is 197 Å². The van der Waals surface area contributed by atoms with Crippen LogP contribution in [0.5, 0.6) is 11.8 Å². The predicted molar refractivity (Wildman–Crippen MR) is 120 cm³/mol. The largest absolute Gasteiger partial charge is 0.489 e. The Kier molecular flexibility index (Phi) is 7.18. The molecule has 2 aromatic rings. The van der Waals surface area contributed by atoms with Crippen molar-refractivity contribution >= 4 is 12.1 Å². The van der Waals surface area contributed by atoms with Crippen LogP contribution in [0.25, 0.3) is 11.3 Å². The molecule has 184 valence electrons. The number of hydrogen-bond acceptors (Lipinski definition) is 8. The van der Waals surface area contributed by atoms with Gasteiger partial charge >= 0.3 is 12.1 Å². The van der Waals surface area contributed by atoms with Crippen molar-refractivity contribution in [2.75, 3.05) is 7.05 Å². The molecule has 4 rings (SSSR count). The van der Waals surface area contributed by atoms with Crippen LogP contribution in [0.4, 0.5) is 4.79 Å². The van der Waals surface area contributed by atoms with Crippen molar-refractivity contribution in [1.29, 1.82) is 0 Å². The molecular weight excluding hydrogens is 442 g/mol. The fourth-order valence-electron chi connectivity index (χ4n) is 4.74. The van der Waals surface area contributed by atoms with Crippen LogP contribution in [0.2, 0.25) is 0 Å². The third kappa shape index (κ3) is 5.23. The lowest BCUT2D eigenvalue weighted by Gasteiger charge is -2.26. The highest BCUT2D eigenvalue weighted by molar-refractivity contribution is 5.70. The molecule has 2 aromatic heterocycles. The molecule has 0 unspecified atom stereocenters. The van der Waals surface area contributed by atoms with Gasteiger partial charge in [0, 0.05) is 25.7 Å².